The molecule has 0 saturated heterocycles. The third kappa shape index (κ3) is 4.94. The number of nitro benzene ring substituents is 1. The fourth-order valence-electron chi connectivity index (χ4n) is 1.94. The molecule has 1 heterocycles. The number of nitro groups is 1. The SMILES string of the molecule is N#Cc1cc(C#N)c(SCC(=O)NNC(=O)c2ccc([N+](=O)[O-])cc2)[nH+]c1N. The molecule has 0 aliphatic rings. The van der Waals surface area contributed by atoms with Gasteiger partial charge < -0.3 is 0 Å². The van der Waals surface area contributed by atoms with Crippen LogP contribution >= 0.6 is 11.8 Å². The van der Waals surface area contributed by atoms with E-state index >= 15 is 0 Å². The molecule has 2 aromatic rings. The Labute approximate surface area is 162 Å². The topological polar surface area (TPSA) is 189 Å². The lowest BCUT2D eigenvalue weighted by atomic mass is 10.2. The van der Waals surface area contributed by atoms with Gasteiger partial charge in [0.05, 0.1) is 10.7 Å². The molecule has 5 N–H and O–H groups in total. The summed E-state index contributed by atoms with van der Waals surface area (Å²) in [5, 5.41) is 28.9. The number of pyridine rings is 1. The summed E-state index contributed by atoms with van der Waals surface area (Å²) in [7, 11) is 0. The Kier molecular flexibility index (Phi) is 6.46. The number of hydrazine groups is 1. The summed E-state index contributed by atoms with van der Waals surface area (Å²) < 4.78 is 0. The Morgan fingerprint density at radius 1 is 1.18 bits per heavy atom. The standard InChI is InChI=1S/C16H11N7O4S/c17-6-10-5-11(7-18)16(20-14(10)19)28-8-13(24)21-22-15(25)9-1-3-12(4-2-9)23(26)27/h1-5H,8H2,(H2,19,20)(H,21,24)(H,22,25)/p+1. The second-order valence-electron chi connectivity index (χ2n) is 5.16. The first-order valence-electron chi connectivity index (χ1n) is 7.48. The van der Waals surface area contributed by atoms with E-state index in [9.17, 15) is 19.7 Å². The van der Waals surface area contributed by atoms with Crippen LogP contribution in [0.15, 0.2) is 35.4 Å². The number of benzene rings is 1. The molecular weight excluding hydrogens is 386 g/mol. The number of hydrogen-bond donors (Lipinski definition) is 3. The van der Waals surface area contributed by atoms with E-state index in [2.05, 4.69) is 15.8 Å². The van der Waals surface area contributed by atoms with Gasteiger partial charge in [-0.1, -0.05) is 11.8 Å². The van der Waals surface area contributed by atoms with E-state index in [0.29, 0.717) is 5.03 Å². The first kappa shape index (κ1) is 20.2. The molecule has 1 aromatic carbocycles. The molecule has 1 aromatic heterocycles. The van der Waals surface area contributed by atoms with E-state index in [1.54, 1.807) is 0 Å². The van der Waals surface area contributed by atoms with E-state index in [0.717, 1.165) is 11.8 Å². The van der Waals surface area contributed by atoms with Gasteiger partial charge in [-0.25, -0.2) is 4.98 Å². The molecule has 0 unspecified atom stereocenters. The van der Waals surface area contributed by atoms with Crippen LogP contribution in [0.25, 0.3) is 0 Å². The van der Waals surface area contributed by atoms with Crippen molar-refractivity contribution in [1.29, 1.82) is 10.5 Å². The number of nitrogens with two attached hydrogens (primary N) is 1. The van der Waals surface area contributed by atoms with Crippen molar-refractivity contribution in [3.05, 3.63) is 57.1 Å². The van der Waals surface area contributed by atoms with Gasteiger partial charge in [-0.05, 0) is 18.2 Å². The van der Waals surface area contributed by atoms with Crippen LogP contribution in [0.2, 0.25) is 0 Å². The lowest BCUT2D eigenvalue weighted by molar-refractivity contribution is -0.410. The molecule has 0 aliphatic heterocycles. The third-order valence-corrected chi connectivity index (χ3v) is 4.33. The predicted molar refractivity (Wildman–Crippen MR) is 96.3 cm³/mol. The number of anilines is 1. The number of carbonyl (C=O) groups excluding carboxylic acids is 2. The van der Waals surface area contributed by atoms with Crippen LogP contribution in [0.3, 0.4) is 0 Å². The van der Waals surface area contributed by atoms with Gasteiger partial charge in [0.1, 0.15) is 23.3 Å². The van der Waals surface area contributed by atoms with Gasteiger partial charge in [0.2, 0.25) is 5.91 Å². The van der Waals surface area contributed by atoms with Gasteiger partial charge in [-0.3, -0.25) is 36.3 Å². The fraction of sp³-hybridized carbons (Fsp3) is 0.0625. The molecule has 0 aliphatic carbocycles. The van der Waals surface area contributed by atoms with Gasteiger partial charge in [-0.15, -0.1) is 0 Å². The Balaban J connectivity index is 1.92. The van der Waals surface area contributed by atoms with Gasteiger partial charge in [0.25, 0.3) is 17.4 Å². The molecule has 0 saturated carbocycles. The Bertz CT molecular complexity index is 1030. The monoisotopic (exact) mass is 398 g/mol. The van der Waals surface area contributed by atoms with Crippen molar-refractivity contribution < 1.29 is 19.5 Å². The molecule has 0 atom stereocenters. The minimum atomic E-state index is -0.653. The van der Waals surface area contributed by atoms with Crippen molar-refractivity contribution in [2.75, 3.05) is 11.5 Å². The number of aromatic amines is 1. The van der Waals surface area contributed by atoms with Crippen molar-refractivity contribution in [2.24, 2.45) is 0 Å². The van der Waals surface area contributed by atoms with Gasteiger partial charge in [0, 0.05) is 17.7 Å². The van der Waals surface area contributed by atoms with Crippen molar-refractivity contribution in [1.82, 2.24) is 10.9 Å². The second kappa shape index (κ2) is 8.98. The van der Waals surface area contributed by atoms with Crippen LogP contribution in [0.1, 0.15) is 21.5 Å². The summed E-state index contributed by atoms with van der Waals surface area (Å²) in [6.07, 6.45) is 0. The largest absolute Gasteiger partial charge is 0.289 e. The second-order valence-corrected chi connectivity index (χ2v) is 6.14. The minimum absolute atomic E-state index is 0.0656. The van der Waals surface area contributed by atoms with Crippen LogP contribution in [-0.2, 0) is 4.79 Å². The Morgan fingerprint density at radius 3 is 2.39 bits per heavy atom. The van der Waals surface area contributed by atoms with Crippen LogP contribution < -0.4 is 21.6 Å². The molecule has 0 fully saturated rings. The van der Waals surface area contributed by atoms with E-state index in [1.165, 1.54) is 30.3 Å². The van der Waals surface area contributed by atoms with Gasteiger partial charge in [0.15, 0.2) is 5.03 Å². The van der Waals surface area contributed by atoms with Crippen molar-refractivity contribution in [3.8, 4) is 12.1 Å². The molecule has 12 heteroatoms. The number of carbonyl (C=O) groups is 2. The van der Waals surface area contributed by atoms with E-state index in [-0.39, 0.29) is 33.9 Å². The van der Waals surface area contributed by atoms with Crippen molar-refractivity contribution >= 4 is 35.1 Å². The first-order valence-corrected chi connectivity index (χ1v) is 8.46. The van der Waals surface area contributed by atoms with E-state index < -0.39 is 16.7 Å². The molecule has 28 heavy (non-hydrogen) atoms. The number of thioether (sulfide) groups is 1. The van der Waals surface area contributed by atoms with Crippen molar-refractivity contribution in [3.63, 3.8) is 0 Å². The molecule has 0 bridgehead atoms. The highest BCUT2D eigenvalue weighted by molar-refractivity contribution is 7.99. The maximum absolute atomic E-state index is 11.9. The number of aromatic nitrogens is 1. The number of H-pyrrole nitrogens is 1. The number of nitriles is 2. The summed E-state index contributed by atoms with van der Waals surface area (Å²) in [5.41, 5.74) is 10.2. The average Bonchev–Trinajstić information content (AvgIpc) is 2.70. The number of hydrogen-bond acceptors (Lipinski definition) is 8. The minimum Gasteiger partial charge on any atom is -0.286 e. The maximum atomic E-state index is 11.9. The van der Waals surface area contributed by atoms with E-state index in [4.69, 9.17) is 16.3 Å². The summed E-state index contributed by atoms with van der Waals surface area (Å²) in [6, 6.07) is 9.88. The summed E-state index contributed by atoms with van der Waals surface area (Å²) >= 11 is 0.960. The zero-order chi connectivity index (χ0) is 20.7. The molecular formula is C16H12N7O4S+. The number of non-ortho nitro benzene ring substituents is 1. The number of rotatable bonds is 5. The van der Waals surface area contributed by atoms with Crippen LogP contribution in [0.4, 0.5) is 11.5 Å². The molecule has 0 radical (unpaired) electrons. The lowest BCUT2D eigenvalue weighted by Crippen LogP contribution is -2.42. The smallest absolute Gasteiger partial charge is 0.286 e. The molecule has 11 nitrogen and oxygen atoms in total. The lowest BCUT2D eigenvalue weighted by Gasteiger charge is -2.07. The van der Waals surface area contributed by atoms with Gasteiger partial charge >= 0.3 is 0 Å². The van der Waals surface area contributed by atoms with Gasteiger partial charge in [-0.2, -0.15) is 10.5 Å². The molecule has 2 rings (SSSR count). The maximum Gasteiger partial charge on any atom is 0.289 e. The highest BCUT2D eigenvalue weighted by atomic mass is 32.2. The number of nitrogens with zero attached hydrogens (tertiary/aromatic N) is 3. The third-order valence-electron chi connectivity index (χ3n) is 3.32. The Hall–Kier alpha value is -4.16. The summed E-state index contributed by atoms with van der Waals surface area (Å²) in [5.74, 6) is -1.31. The average molecular weight is 398 g/mol. The normalized spacial score (nSPS) is 9.64. The quantitative estimate of drug-likeness (QED) is 0.363. The molecule has 2 amide bonds. The zero-order valence-electron chi connectivity index (χ0n) is 14.1. The number of nitrogens with one attached hydrogen (secondary N) is 3. The summed E-state index contributed by atoms with van der Waals surface area (Å²) in [6.45, 7) is 0. The van der Waals surface area contributed by atoms with E-state index in [1.807, 2.05) is 12.1 Å². The molecule has 140 valence electrons. The Morgan fingerprint density at radius 2 is 1.82 bits per heavy atom. The fourth-order valence-corrected chi connectivity index (χ4v) is 2.73. The highest BCUT2D eigenvalue weighted by Crippen LogP contribution is 2.20. The predicted octanol–water partition coefficient (Wildman–Crippen LogP) is 0.288. The molecule has 0 spiro atoms. The summed E-state index contributed by atoms with van der Waals surface area (Å²) in [4.78, 5) is 36.5. The zero-order valence-corrected chi connectivity index (χ0v) is 14.9. The van der Waals surface area contributed by atoms with Crippen LogP contribution in [0.5, 0.6) is 0 Å². The van der Waals surface area contributed by atoms with Crippen LogP contribution in [0, 0.1) is 32.8 Å². The van der Waals surface area contributed by atoms with Crippen molar-refractivity contribution in [2.45, 2.75) is 5.03 Å². The highest BCUT2D eigenvalue weighted by Gasteiger charge is 2.16. The first-order chi connectivity index (χ1) is 13.3. The number of nitrogen functional groups attached to an aromatic ring is 1. The van der Waals surface area contributed by atoms with Crippen LogP contribution in [-0.4, -0.2) is 22.5 Å². The number of amides is 2.